The van der Waals surface area contributed by atoms with E-state index in [1.165, 1.54) is 11.1 Å². The Hall–Kier alpha value is -4.63. The van der Waals surface area contributed by atoms with Crippen molar-refractivity contribution in [2.24, 2.45) is 0 Å². The Kier molecular flexibility index (Phi) is 13.5. The van der Waals surface area contributed by atoms with E-state index in [-0.39, 0.29) is 35.5 Å². The lowest BCUT2D eigenvalue weighted by atomic mass is 9.91. The van der Waals surface area contributed by atoms with Crippen LogP contribution in [0.25, 0.3) is 11.1 Å². The van der Waals surface area contributed by atoms with Gasteiger partial charge in [0, 0.05) is 70.5 Å². The predicted molar refractivity (Wildman–Crippen MR) is 202 cm³/mol. The SMILES string of the molecule is CC(C)NC(=O)CN1CCN(Cc2ccc(-c3cccc(Oc4ncc(F)cc4C(=O)N[C@H]4CC[C@H](NC(=O)O)CC4)c3)c(CN3CCOCC3)c2)CC1. The van der Waals surface area contributed by atoms with E-state index in [9.17, 15) is 18.8 Å². The number of rotatable bonds is 13. The number of pyridine rings is 1. The number of hydrogen-bond acceptors (Lipinski definition) is 9. The normalized spacial score (nSPS) is 20.0. The first-order valence-corrected chi connectivity index (χ1v) is 19.0. The van der Waals surface area contributed by atoms with E-state index in [1.54, 1.807) is 6.07 Å². The molecule has 3 fully saturated rings. The zero-order valence-corrected chi connectivity index (χ0v) is 31.2. The number of carbonyl (C=O) groups excluding carboxylic acids is 2. The maximum Gasteiger partial charge on any atom is 0.404 e. The van der Waals surface area contributed by atoms with E-state index in [1.807, 2.05) is 32.0 Å². The van der Waals surface area contributed by atoms with Gasteiger partial charge in [0.05, 0.1) is 26.0 Å². The second-order valence-corrected chi connectivity index (χ2v) is 14.8. The summed E-state index contributed by atoms with van der Waals surface area (Å²) in [4.78, 5) is 47.9. The van der Waals surface area contributed by atoms with E-state index in [2.05, 4.69) is 53.8 Å². The van der Waals surface area contributed by atoms with Crippen molar-refractivity contribution in [1.29, 1.82) is 0 Å². The lowest BCUT2D eigenvalue weighted by Gasteiger charge is -2.34. The number of amides is 3. The molecule has 3 heterocycles. The Morgan fingerprint density at radius 3 is 2.28 bits per heavy atom. The Bertz CT molecular complexity index is 1750. The van der Waals surface area contributed by atoms with Crippen molar-refractivity contribution in [1.82, 2.24) is 35.6 Å². The van der Waals surface area contributed by atoms with Crippen LogP contribution in [0, 0.1) is 5.82 Å². The van der Waals surface area contributed by atoms with E-state index in [0.29, 0.717) is 51.2 Å². The number of carboxylic acid groups (broad SMARTS) is 1. The molecule has 1 aromatic heterocycles. The summed E-state index contributed by atoms with van der Waals surface area (Å²) >= 11 is 0. The molecular weight excluding hydrogens is 693 g/mol. The van der Waals surface area contributed by atoms with Crippen LogP contribution in [-0.2, 0) is 22.6 Å². The van der Waals surface area contributed by atoms with Gasteiger partial charge in [-0.15, -0.1) is 0 Å². The molecule has 2 aromatic carbocycles. The van der Waals surface area contributed by atoms with Gasteiger partial charge in [-0.2, -0.15) is 0 Å². The second-order valence-electron chi connectivity index (χ2n) is 14.8. The van der Waals surface area contributed by atoms with Gasteiger partial charge in [0.15, 0.2) is 0 Å². The summed E-state index contributed by atoms with van der Waals surface area (Å²) in [6, 6.07) is 15.2. The number of piperazine rings is 1. The lowest BCUT2D eigenvalue weighted by Crippen LogP contribution is -2.49. The highest BCUT2D eigenvalue weighted by molar-refractivity contribution is 5.96. The Morgan fingerprint density at radius 2 is 1.57 bits per heavy atom. The summed E-state index contributed by atoms with van der Waals surface area (Å²) in [5, 5.41) is 17.5. The third kappa shape index (κ3) is 11.2. The summed E-state index contributed by atoms with van der Waals surface area (Å²) in [6.45, 7) is 12.5. The van der Waals surface area contributed by atoms with Crippen molar-refractivity contribution >= 4 is 17.9 Å². The summed E-state index contributed by atoms with van der Waals surface area (Å²) in [7, 11) is 0. The van der Waals surface area contributed by atoms with Crippen LogP contribution in [0.15, 0.2) is 54.7 Å². The van der Waals surface area contributed by atoms with Crippen LogP contribution in [0.5, 0.6) is 11.6 Å². The molecule has 3 aliphatic rings. The maximum atomic E-state index is 14.4. The second kappa shape index (κ2) is 18.6. The van der Waals surface area contributed by atoms with Crippen LogP contribution in [0.4, 0.5) is 9.18 Å². The van der Waals surface area contributed by atoms with Crippen molar-refractivity contribution in [2.45, 2.75) is 70.7 Å². The van der Waals surface area contributed by atoms with E-state index in [4.69, 9.17) is 14.6 Å². The maximum absolute atomic E-state index is 14.4. The molecule has 54 heavy (non-hydrogen) atoms. The molecule has 0 radical (unpaired) electrons. The van der Waals surface area contributed by atoms with Crippen LogP contribution in [0.1, 0.15) is 61.0 Å². The topological polar surface area (TPSA) is 149 Å². The summed E-state index contributed by atoms with van der Waals surface area (Å²) in [6.07, 6.45) is 2.36. The molecule has 3 amide bonds. The zero-order valence-electron chi connectivity index (χ0n) is 31.2. The molecule has 0 unspecified atom stereocenters. The number of nitrogens with one attached hydrogen (secondary N) is 3. The summed E-state index contributed by atoms with van der Waals surface area (Å²) in [5.41, 5.74) is 4.40. The molecule has 2 aliphatic heterocycles. The number of aromatic nitrogens is 1. The molecule has 290 valence electrons. The first kappa shape index (κ1) is 39.1. The standard InChI is InChI=1S/C40H52FN7O6/c1-27(2)43-37(49)26-47-14-12-46(13-15-47)24-28-6-11-35(30(20-28)25-48-16-18-53-19-17-48)29-4-3-5-34(21-29)54-39-36(22-31(41)23-42-39)38(50)44-32-7-9-33(10-8-32)45-40(51)52/h3-6,11,20-23,27,32-33,45H,7-10,12-19,24-26H2,1-2H3,(H,43,49)(H,44,50)(H,51,52)/t32-,33-. The van der Waals surface area contributed by atoms with E-state index in [0.717, 1.165) is 75.7 Å². The predicted octanol–water partition coefficient (Wildman–Crippen LogP) is 4.46. The minimum absolute atomic E-state index is 0.00295. The van der Waals surface area contributed by atoms with E-state index < -0.39 is 17.8 Å². The molecule has 13 nitrogen and oxygen atoms in total. The zero-order chi connectivity index (χ0) is 38.0. The highest BCUT2D eigenvalue weighted by Gasteiger charge is 2.26. The number of halogens is 1. The fourth-order valence-corrected chi connectivity index (χ4v) is 7.42. The number of hydrogen-bond donors (Lipinski definition) is 4. The van der Waals surface area contributed by atoms with Gasteiger partial charge in [-0.1, -0.05) is 30.3 Å². The van der Waals surface area contributed by atoms with Crippen LogP contribution < -0.4 is 20.7 Å². The molecule has 1 saturated carbocycles. The highest BCUT2D eigenvalue weighted by atomic mass is 19.1. The largest absolute Gasteiger partial charge is 0.465 e. The fourth-order valence-electron chi connectivity index (χ4n) is 7.42. The number of morpholine rings is 1. The van der Waals surface area contributed by atoms with Crippen LogP contribution >= 0.6 is 0 Å². The Balaban J connectivity index is 1.15. The number of benzene rings is 2. The highest BCUT2D eigenvalue weighted by Crippen LogP contribution is 2.32. The van der Waals surface area contributed by atoms with Gasteiger partial charge in [0.25, 0.3) is 5.91 Å². The minimum atomic E-state index is -1.06. The summed E-state index contributed by atoms with van der Waals surface area (Å²) in [5.74, 6) is -0.623. The minimum Gasteiger partial charge on any atom is -0.465 e. The van der Waals surface area contributed by atoms with Crippen LogP contribution in [-0.4, -0.2) is 120 Å². The third-order valence-corrected chi connectivity index (χ3v) is 10.2. The average Bonchev–Trinajstić information content (AvgIpc) is 3.14. The molecule has 1 aliphatic carbocycles. The van der Waals surface area contributed by atoms with Gasteiger partial charge in [-0.25, -0.2) is 14.2 Å². The van der Waals surface area contributed by atoms with Gasteiger partial charge in [-0.05, 0) is 80.0 Å². The van der Waals surface area contributed by atoms with Crippen molar-refractivity contribution < 1.29 is 33.4 Å². The van der Waals surface area contributed by atoms with Gasteiger partial charge in [-0.3, -0.25) is 24.3 Å². The van der Waals surface area contributed by atoms with E-state index >= 15 is 0 Å². The molecule has 14 heteroatoms. The van der Waals surface area contributed by atoms with Crippen molar-refractivity contribution in [2.75, 3.05) is 59.0 Å². The number of carbonyl (C=O) groups is 3. The number of nitrogens with zero attached hydrogens (tertiary/aromatic N) is 4. The third-order valence-electron chi connectivity index (χ3n) is 10.2. The Labute approximate surface area is 316 Å². The van der Waals surface area contributed by atoms with Crippen molar-refractivity contribution in [3.8, 4) is 22.8 Å². The molecule has 2 saturated heterocycles. The molecule has 0 atom stereocenters. The molecule has 3 aromatic rings. The van der Waals surface area contributed by atoms with Crippen molar-refractivity contribution in [3.63, 3.8) is 0 Å². The molecule has 6 rings (SSSR count). The van der Waals surface area contributed by atoms with Crippen LogP contribution in [0.2, 0.25) is 0 Å². The summed E-state index contributed by atoms with van der Waals surface area (Å²) < 4.78 is 26.2. The Morgan fingerprint density at radius 1 is 0.889 bits per heavy atom. The molecular formula is C40H52FN7O6. The first-order chi connectivity index (χ1) is 26.1. The fraction of sp³-hybridized carbons (Fsp3) is 0.500. The first-order valence-electron chi connectivity index (χ1n) is 19.0. The monoisotopic (exact) mass is 745 g/mol. The van der Waals surface area contributed by atoms with Crippen molar-refractivity contribution in [3.05, 3.63) is 77.2 Å². The average molecular weight is 746 g/mol. The van der Waals surface area contributed by atoms with Gasteiger partial charge in [0.2, 0.25) is 11.8 Å². The smallest absolute Gasteiger partial charge is 0.404 e. The van der Waals surface area contributed by atoms with Gasteiger partial charge >= 0.3 is 6.09 Å². The van der Waals surface area contributed by atoms with Crippen LogP contribution in [0.3, 0.4) is 0 Å². The quantitative estimate of drug-likeness (QED) is 0.198. The van der Waals surface area contributed by atoms with Gasteiger partial charge < -0.3 is 30.5 Å². The van der Waals surface area contributed by atoms with Gasteiger partial charge in [0.1, 0.15) is 17.1 Å². The molecule has 0 bridgehead atoms. The molecule has 4 N–H and O–H groups in total. The molecule has 0 spiro atoms. The number of ether oxygens (including phenoxy) is 2. The lowest BCUT2D eigenvalue weighted by molar-refractivity contribution is -0.123.